The number of rotatable bonds is 3. The molecule has 0 saturated heterocycles. The summed E-state index contributed by atoms with van der Waals surface area (Å²) in [7, 11) is 1.62. The second-order valence-electron chi connectivity index (χ2n) is 4.27. The Morgan fingerprint density at radius 1 is 1.25 bits per heavy atom. The fraction of sp³-hybridized carbons (Fsp3) is 0.133. The molecule has 0 fully saturated rings. The molecule has 2 aromatic carbocycles. The average molecular weight is 355 g/mol. The van der Waals surface area contributed by atoms with Gasteiger partial charge in [-0.2, -0.15) is 0 Å². The molecule has 0 unspecified atom stereocenters. The summed E-state index contributed by atoms with van der Waals surface area (Å²) >= 11 is 9.21. The molecule has 2 aromatic rings. The molecule has 2 rings (SSSR count). The molecule has 20 heavy (non-hydrogen) atoms. The number of hydrogen-bond acceptors (Lipinski definition) is 2. The lowest BCUT2D eigenvalue weighted by molar-refractivity contribution is 0.102. The Labute approximate surface area is 131 Å². The Kier molecular flexibility index (Phi) is 4.68. The quantitative estimate of drug-likeness (QED) is 0.869. The zero-order valence-corrected chi connectivity index (χ0v) is 13.4. The smallest absolute Gasteiger partial charge is 0.255 e. The Balaban J connectivity index is 2.19. The molecule has 0 aromatic heterocycles. The third kappa shape index (κ3) is 3.32. The lowest BCUT2D eigenvalue weighted by atomic mass is 10.1. The van der Waals surface area contributed by atoms with E-state index in [2.05, 4.69) is 21.2 Å². The van der Waals surface area contributed by atoms with Gasteiger partial charge in [0.2, 0.25) is 0 Å². The van der Waals surface area contributed by atoms with Crippen LogP contribution in [0.2, 0.25) is 5.02 Å². The predicted molar refractivity (Wildman–Crippen MR) is 84.8 cm³/mol. The number of nitrogens with one attached hydrogen (secondary N) is 1. The highest BCUT2D eigenvalue weighted by Gasteiger charge is 2.09. The highest BCUT2D eigenvalue weighted by molar-refractivity contribution is 9.10. The minimum atomic E-state index is -0.188. The average Bonchev–Trinajstić information content (AvgIpc) is 2.42. The van der Waals surface area contributed by atoms with Crippen molar-refractivity contribution < 1.29 is 9.53 Å². The summed E-state index contributed by atoms with van der Waals surface area (Å²) in [6.45, 7) is 1.92. The largest absolute Gasteiger partial charge is 0.496 e. The van der Waals surface area contributed by atoms with E-state index in [-0.39, 0.29) is 5.91 Å². The first-order valence-electron chi connectivity index (χ1n) is 5.92. The molecular formula is C15H13BrClNO2. The Hall–Kier alpha value is -1.52. The van der Waals surface area contributed by atoms with Crippen molar-refractivity contribution in [3.63, 3.8) is 0 Å². The van der Waals surface area contributed by atoms with Crippen LogP contribution in [0.15, 0.2) is 40.9 Å². The van der Waals surface area contributed by atoms with Gasteiger partial charge in [-0.25, -0.2) is 0 Å². The van der Waals surface area contributed by atoms with Gasteiger partial charge in [-0.1, -0.05) is 11.6 Å². The zero-order valence-electron chi connectivity index (χ0n) is 11.0. The number of ether oxygens (including phenoxy) is 1. The highest BCUT2D eigenvalue weighted by Crippen LogP contribution is 2.25. The number of anilines is 1. The van der Waals surface area contributed by atoms with Crippen LogP contribution in [-0.4, -0.2) is 13.0 Å². The van der Waals surface area contributed by atoms with E-state index in [1.165, 1.54) is 0 Å². The lowest BCUT2D eigenvalue weighted by Gasteiger charge is -2.09. The van der Waals surface area contributed by atoms with Crippen molar-refractivity contribution in [1.29, 1.82) is 0 Å². The van der Waals surface area contributed by atoms with E-state index >= 15 is 0 Å². The van der Waals surface area contributed by atoms with Gasteiger partial charge >= 0.3 is 0 Å². The Morgan fingerprint density at radius 2 is 2.00 bits per heavy atom. The fourth-order valence-corrected chi connectivity index (χ4v) is 2.29. The van der Waals surface area contributed by atoms with E-state index < -0.39 is 0 Å². The van der Waals surface area contributed by atoms with Crippen LogP contribution in [0.25, 0.3) is 0 Å². The Morgan fingerprint density at radius 3 is 2.60 bits per heavy atom. The van der Waals surface area contributed by atoms with Gasteiger partial charge in [-0.15, -0.1) is 0 Å². The van der Waals surface area contributed by atoms with Crippen molar-refractivity contribution in [3.05, 3.63) is 57.0 Å². The summed E-state index contributed by atoms with van der Waals surface area (Å²) in [6.07, 6.45) is 0. The summed E-state index contributed by atoms with van der Waals surface area (Å²) in [6, 6.07) is 10.5. The van der Waals surface area contributed by atoms with E-state index in [1.54, 1.807) is 31.4 Å². The molecule has 1 N–H and O–H groups in total. The molecule has 0 bridgehead atoms. The standard InChI is InChI=1S/C15H13BrClNO2/c1-9-7-11(4-6-14(9)20-2)18-15(19)10-3-5-13(17)12(16)8-10/h3-8H,1-2H3,(H,18,19). The fourth-order valence-electron chi connectivity index (χ4n) is 1.80. The lowest BCUT2D eigenvalue weighted by Crippen LogP contribution is -2.12. The second-order valence-corrected chi connectivity index (χ2v) is 5.53. The molecule has 0 radical (unpaired) electrons. The maximum Gasteiger partial charge on any atom is 0.255 e. The molecule has 5 heteroatoms. The first kappa shape index (κ1) is 14.9. The molecule has 0 aliphatic carbocycles. The molecule has 0 heterocycles. The van der Waals surface area contributed by atoms with Crippen LogP contribution in [0.1, 0.15) is 15.9 Å². The summed E-state index contributed by atoms with van der Waals surface area (Å²) in [4.78, 5) is 12.1. The van der Waals surface area contributed by atoms with Crippen LogP contribution >= 0.6 is 27.5 Å². The normalized spacial score (nSPS) is 10.2. The summed E-state index contributed by atoms with van der Waals surface area (Å²) in [5.41, 5.74) is 2.22. The number of halogens is 2. The third-order valence-electron chi connectivity index (χ3n) is 2.83. The topological polar surface area (TPSA) is 38.3 Å². The number of carbonyl (C=O) groups excluding carboxylic acids is 1. The van der Waals surface area contributed by atoms with Crippen LogP contribution in [0.5, 0.6) is 5.75 Å². The molecule has 0 spiro atoms. The van der Waals surface area contributed by atoms with Crippen LogP contribution in [0, 0.1) is 6.92 Å². The summed E-state index contributed by atoms with van der Waals surface area (Å²) in [5.74, 6) is 0.601. The van der Waals surface area contributed by atoms with Crippen molar-refractivity contribution in [2.45, 2.75) is 6.92 Å². The summed E-state index contributed by atoms with van der Waals surface area (Å²) < 4.78 is 5.88. The number of benzene rings is 2. The maximum atomic E-state index is 12.1. The van der Waals surface area contributed by atoms with E-state index in [9.17, 15) is 4.79 Å². The van der Waals surface area contributed by atoms with Crippen LogP contribution in [0.4, 0.5) is 5.69 Å². The van der Waals surface area contributed by atoms with Crippen molar-refractivity contribution in [1.82, 2.24) is 0 Å². The van der Waals surface area contributed by atoms with Gasteiger partial charge in [0.05, 0.1) is 12.1 Å². The molecule has 0 atom stereocenters. The first-order valence-corrected chi connectivity index (χ1v) is 7.09. The van der Waals surface area contributed by atoms with Gasteiger partial charge in [-0.05, 0) is 64.8 Å². The Bertz CT molecular complexity index is 658. The van der Waals surface area contributed by atoms with Crippen molar-refractivity contribution >= 4 is 39.1 Å². The van der Waals surface area contributed by atoms with Gasteiger partial charge < -0.3 is 10.1 Å². The SMILES string of the molecule is COc1ccc(NC(=O)c2ccc(Cl)c(Br)c2)cc1C. The molecule has 0 saturated carbocycles. The van der Waals surface area contributed by atoms with Gasteiger partial charge in [0.15, 0.2) is 0 Å². The highest BCUT2D eigenvalue weighted by atomic mass is 79.9. The van der Waals surface area contributed by atoms with Crippen LogP contribution in [0.3, 0.4) is 0 Å². The molecule has 3 nitrogen and oxygen atoms in total. The van der Waals surface area contributed by atoms with Gasteiger partial charge in [0, 0.05) is 15.7 Å². The van der Waals surface area contributed by atoms with Crippen molar-refractivity contribution in [3.8, 4) is 5.75 Å². The number of methoxy groups -OCH3 is 1. The number of hydrogen-bond donors (Lipinski definition) is 1. The first-order chi connectivity index (χ1) is 9.51. The maximum absolute atomic E-state index is 12.1. The number of carbonyl (C=O) groups is 1. The van der Waals surface area contributed by atoms with E-state index in [1.807, 2.05) is 19.1 Å². The predicted octanol–water partition coefficient (Wildman–Crippen LogP) is 4.67. The molecule has 104 valence electrons. The second kappa shape index (κ2) is 6.29. The van der Waals surface area contributed by atoms with Crippen molar-refractivity contribution in [2.24, 2.45) is 0 Å². The van der Waals surface area contributed by atoms with Gasteiger partial charge in [0.1, 0.15) is 5.75 Å². The minimum Gasteiger partial charge on any atom is -0.496 e. The molecule has 0 aliphatic heterocycles. The van der Waals surface area contributed by atoms with Crippen LogP contribution in [-0.2, 0) is 0 Å². The molecule has 1 amide bonds. The zero-order chi connectivity index (χ0) is 14.7. The van der Waals surface area contributed by atoms with E-state index in [0.717, 1.165) is 17.0 Å². The van der Waals surface area contributed by atoms with Gasteiger partial charge in [-0.3, -0.25) is 4.79 Å². The van der Waals surface area contributed by atoms with Gasteiger partial charge in [0.25, 0.3) is 5.91 Å². The summed E-state index contributed by atoms with van der Waals surface area (Å²) in [5, 5.41) is 3.41. The van der Waals surface area contributed by atoms with Crippen molar-refractivity contribution in [2.75, 3.05) is 12.4 Å². The molecule has 0 aliphatic rings. The van der Waals surface area contributed by atoms with Crippen LogP contribution < -0.4 is 10.1 Å². The van der Waals surface area contributed by atoms with E-state index in [4.69, 9.17) is 16.3 Å². The third-order valence-corrected chi connectivity index (χ3v) is 4.05. The van der Waals surface area contributed by atoms with E-state index in [0.29, 0.717) is 15.1 Å². The number of amides is 1. The monoisotopic (exact) mass is 353 g/mol. The molecular weight excluding hydrogens is 342 g/mol. The minimum absolute atomic E-state index is 0.188. The number of aryl methyl sites for hydroxylation is 1.